The largest absolute Gasteiger partial charge is 0.337 e. The van der Waals surface area contributed by atoms with E-state index in [0.29, 0.717) is 10.8 Å². The highest BCUT2D eigenvalue weighted by Crippen LogP contribution is 2.20. The van der Waals surface area contributed by atoms with Crippen molar-refractivity contribution in [2.24, 2.45) is 0 Å². The molecule has 0 fully saturated rings. The monoisotopic (exact) mass is 373 g/mol. The number of hydrogen-bond acceptors (Lipinski definition) is 4. The van der Waals surface area contributed by atoms with Gasteiger partial charge in [-0.1, -0.05) is 23.7 Å². The molecule has 0 bridgehead atoms. The summed E-state index contributed by atoms with van der Waals surface area (Å²) in [6.07, 6.45) is 0. The van der Waals surface area contributed by atoms with Crippen molar-refractivity contribution in [3.8, 4) is 11.4 Å². The van der Waals surface area contributed by atoms with E-state index in [0.717, 1.165) is 11.1 Å². The van der Waals surface area contributed by atoms with Crippen LogP contribution in [0, 0.1) is 5.82 Å². The summed E-state index contributed by atoms with van der Waals surface area (Å²) in [5.41, 5.74) is 1.61. The molecule has 6 nitrogen and oxygen atoms in total. The Morgan fingerprint density at radius 3 is 2.50 bits per heavy atom. The normalized spacial score (nSPS) is 12.0. The highest BCUT2D eigenvalue weighted by molar-refractivity contribution is 6.30. The second-order valence-electron chi connectivity index (χ2n) is 5.88. The van der Waals surface area contributed by atoms with E-state index >= 15 is 0 Å². The zero-order valence-electron chi connectivity index (χ0n) is 14.3. The standard InChI is InChI=1S/C18H17ClFN5O/c1-12(13-5-9-16(20)10-6-13)24(2)17(26)11-25-22-18(21-23-25)14-3-7-15(19)8-4-14/h3-10,12H,11H2,1-2H3. The third kappa shape index (κ3) is 4.05. The van der Waals surface area contributed by atoms with Crippen molar-refractivity contribution in [3.05, 3.63) is 64.9 Å². The van der Waals surface area contributed by atoms with Crippen LogP contribution in [-0.4, -0.2) is 38.1 Å². The van der Waals surface area contributed by atoms with E-state index in [4.69, 9.17) is 11.6 Å². The van der Waals surface area contributed by atoms with Gasteiger partial charge in [-0.05, 0) is 54.1 Å². The molecule has 1 atom stereocenters. The minimum atomic E-state index is -0.309. The fraction of sp³-hybridized carbons (Fsp3) is 0.222. The molecule has 134 valence electrons. The third-order valence-electron chi connectivity index (χ3n) is 4.16. The lowest BCUT2D eigenvalue weighted by atomic mass is 10.1. The SMILES string of the molecule is CC(c1ccc(F)cc1)N(C)C(=O)Cn1nnc(-c2ccc(Cl)cc2)n1. The predicted octanol–water partition coefficient (Wildman–Crippen LogP) is 3.35. The van der Waals surface area contributed by atoms with Crippen molar-refractivity contribution in [3.63, 3.8) is 0 Å². The highest BCUT2D eigenvalue weighted by atomic mass is 35.5. The molecule has 26 heavy (non-hydrogen) atoms. The van der Waals surface area contributed by atoms with Gasteiger partial charge in [0.25, 0.3) is 0 Å². The number of amides is 1. The summed E-state index contributed by atoms with van der Waals surface area (Å²) in [4.78, 5) is 15.3. The quantitative estimate of drug-likeness (QED) is 0.688. The Bertz CT molecular complexity index is 895. The maximum Gasteiger partial charge on any atom is 0.246 e. The average Bonchev–Trinajstić information content (AvgIpc) is 3.10. The first-order valence-corrected chi connectivity index (χ1v) is 8.36. The lowest BCUT2D eigenvalue weighted by Crippen LogP contribution is -2.33. The summed E-state index contributed by atoms with van der Waals surface area (Å²) in [6.45, 7) is 1.83. The second kappa shape index (κ2) is 7.61. The zero-order valence-corrected chi connectivity index (χ0v) is 15.1. The number of benzene rings is 2. The minimum Gasteiger partial charge on any atom is -0.337 e. The fourth-order valence-corrected chi connectivity index (χ4v) is 2.56. The molecule has 0 saturated carbocycles. The van der Waals surface area contributed by atoms with Crippen LogP contribution in [0.1, 0.15) is 18.5 Å². The number of rotatable bonds is 5. The van der Waals surface area contributed by atoms with Crippen molar-refractivity contribution in [1.29, 1.82) is 0 Å². The van der Waals surface area contributed by atoms with Crippen LogP contribution in [0.25, 0.3) is 11.4 Å². The maximum atomic E-state index is 13.0. The maximum absolute atomic E-state index is 13.0. The van der Waals surface area contributed by atoms with Gasteiger partial charge in [0.05, 0.1) is 6.04 Å². The van der Waals surface area contributed by atoms with Crippen LogP contribution in [0.5, 0.6) is 0 Å². The third-order valence-corrected chi connectivity index (χ3v) is 4.41. The smallest absolute Gasteiger partial charge is 0.246 e. The van der Waals surface area contributed by atoms with E-state index in [9.17, 15) is 9.18 Å². The number of carbonyl (C=O) groups is 1. The average molecular weight is 374 g/mol. The Hall–Kier alpha value is -2.80. The van der Waals surface area contributed by atoms with Gasteiger partial charge in [-0.15, -0.1) is 10.2 Å². The van der Waals surface area contributed by atoms with Crippen molar-refractivity contribution in [2.75, 3.05) is 7.05 Å². The van der Waals surface area contributed by atoms with Crippen LogP contribution in [0.4, 0.5) is 4.39 Å². The molecule has 2 aromatic carbocycles. The molecule has 8 heteroatoms. The van der Waals surface area contributed by atoms with Gasteiger partial charge in [0.2, 0.25) is 11.7 Å². The topological polar surface area (TPSA) is 63.9 Å². The molecule has 0 aliphatic rings. The van der Waals surface area contributed by atoms with E-state index in [1.165, 1.54) is 16.9 Å². The second-order valence-corrected chi connectivity index (χ2v) is 6.32. The van der Waals surface area contributed by atoms with Gasteiger partial charge < -0.3 is 4.90 Å². The molecule has 1 heterocycles. The molecule has 1 aromatic heterocycles. The van der Waals surface area contributed by atoms with E-state index in [1.807, 2.05) is 6.92 Å². The fourth-order valence-electron chi connectivity index (χ4n) is 2.44. The number of nitrogens with zero attached hydrogens (tertiary/aromatic N) is 5. The summed E-state index contributed by atoms with van der Waals surface area (Å²) in [7, 11) is 1.69. The van der Waals surface area contributed by atoms with Gasteiger partial charge >= 0.3 is 0 Å². The zero-order chi connectivity index (χ0) is 18.7. The molecule has 0 N–H and O–H groups in total. The summed E-state index contributed by atoms with van der Waals surface area (Å²) >= 11 is 5.86. The molecular weight excluding hydrogens is 357 g/mol. The van der Waals surface area contributed by atoms with Gasteiger partial charge in [-0.3, -0.25) is 4.79 Å². The van der Waals surface area contributed by atoms with Crippen LogP contribution in [-0.2, 0) is 11.3 Å². The molecule has 3 rings (SSSR count). The summed E-state index contributed by atoms with van der Waals surface area (Å²) < 4.78 is 13.0. The first-order valence-electron chi connectivity index (χ1n) is 7.99. The lowest BCUT2D eigenvalue weighted by Gasteiger charge is -2.25. The molecule has 3 aromatic rings. The molecule has 0 saturated heterocycles. The number of tetrazole rings is 1. The van der Waals surface area contributed by atoms with Gasteiger partial charge in [0.15, 0.2) is 0 Å². The first kappa shape index (κ1) is 18.0. The Morgan fingerprint density at radius 2 is 1.85 bits per heavy atom. The van der Waals surface area contributed by atoms with Crippen LogP contribution < -0.4 is 0 Å². The van der Waals surface area contributed by atoms with Crippen LogP contribution in [0.3, 0.4) is 0 Å². The Balaban J connectivity index is 1.67. The highest BCUT2D eigenvalue weighted by Gasteiger charge is 2.19. The van der Waals surface area contributed by atoms with Crippen molar-refractivity contribution >= 4 is 17.5 Å². The number of hydrogen-bond donors (Lipinski definition) is 0. The van der Waals surface area contributed by atoms with Crippen LogP contribution >= 0.6 is 11.6 Å². The predicted molar refractivity (Wildman–Crippen MR) is 95.8 cm³/mol. The van der Waals surface area contributed by atoms with Crippen molar-refractivity contribution < 1.29 is 9.18 Å². The molecule has 1 unspecified atom stereocenters. The molecule has 0 aliphatic heterocycles. The molecule has 0 radical (unpaired) electrons. The Labute approximate surface area is 155 Å². The van der Waals surface area contributed by atoms with E-state index < -0.39 is 0 Å². The summed E-state index contributed by atoms with van der Waals surface area (Å²) in [5.74, 6) is -0.0675. The number of carbonyl (C=O) groups excluding carboxylic acids is 1. The molecular formula is C18H17ClFN5O. The van der Waals surface area contributed by atoms with Gasteiger partial charge in [0.1, 0.15) is 12.4 Å². The van der Waals surface area contributed by atoms with Crippen molar-refractivity contribution in [2.45, 2.75) is 19.5 Å². The summed E-state index contributed by atoms with van der Waals surface area (Å²) in [6, 6.07) is 12.9. The van der Waals surface area contributed by atoms with E-state index in [1.54, 1.807) is 48.3 Å². The lowest BCUT2D eigenvalue weighted by molar-refractivity contribution is -0.132. The Kier molecular flexibility index (Phi) is 5.27. The minimum absolute atomic E-state index is 0.0391. The van der Waals surface area contributed by atoms with Gasteiger partial charge in [-0.25, -0.2) is 4.39 Å². The molecule has 0 aliphatic carbocycles. The van der Waals surface area contributed by atoms with Gasteiger partial charge in [-0.2, -0.15) is 4.80 Å². The van der Waals surface area contributed by atoms with Crippen molar-refractivity contribution in [1.82, 2.24) is 25.1 Å². The summed E-state index contributed by atoms with van der Waals surface area (Å²) in [5, 5.41) is 12.7. The van der Waals surface area contributed by atoms with E-state index in [-0.39, 0.29) is 24.3 Å². The molecule has 0 spiro atoms. The number of halogens is 2. The number of aromatic nitrogens is 4. The van der Waals surface area contributed by atoms with Crippen LogP contribution in [0.2, 0.25) is 5.02 Å². The Morgan fingerprint density at radius 1 is 1.19 bits per heavy atom. The number of likely N-dealkylation sites (N-methyl/N-ethyl adjacent to an activating group) is 1. The van der Waals surface area contributed by atoms with Crippen LogP contribution in [0.15, 0.2) is 48.5 Å². The molecule has 1 amide bonds. The first-order chi connectivity index (χ1) is 12.4. The van der Waals surface area contributed by atoms with Gasteiger partial charge in [0, 0.05) is 17.6 Å². The van der Waals surface area contributed by atoms with E-state index in [2.05, 4.69) is 15.4 Å².